The van der Waals surface area contributed by atoms with Gasteiger partial charge in [-0.1, -0.05) is 194 Å². The minimum absolute atomic E-state index is 0.632. The smallest absolute Gasteiger partial charge is 0.132 e. The molecule has 2 heterocycles. The predicted molar refractivity (Wildman–Crippen MR) is 261 cm³/mol. The van der Waals surface area contributed by atoms with Gasteiger partial charge in [-0.15, -0.1) is 0 Å². The molecule has 0 radical (unpaired) electrons. The number of hydrogen-bond acceptors (Lipinski definition) is 3. The van der Waals surface area contributed by atoms with Crippen molar-refractivity contribution >= 4 is 17.1 Å². The molecule has 4 aliphatic rings. The molecule has 3 nitrogen and oxygen atoms in total. The molecule has 0 aromatic heterocycles. The highest BCUT2D eigenvalue weighted by molar-refractivity contribution is 6.03. The Labute approximate surface area is 378 Å². The lowest BCUT2D eigenvalue weighted by Crippen LogP contribution is -2.33. The molecule has 0 atom stereocenters. The molecule has 304 valence electrons. The monoisotopic (exact) mass is 829 g/mol. The topological polar surface area (TPSA) is 21.7 Å². The summed E-state index contributed by atoms with van der Waals surface area (Å²) < 4.78 is 13.6. The Balaban J connectivity index is 1.15. The zero-order valence-electron chi connectivity index (χ0n) is 35.3. The van der Waals surface area contributed by atoms with Crippen molar-refractivity contribution in [2.24, 2.45) is 0 Å². The van der Waals surface area contributed by atoms with Gasteiger partial charge in [-0.3, -0.25) is 0 Å². The van der Waals surface area contributed by atoms with Gasteiger partial charge in [0, 0.05) is 38.9 Å². The highest BCUT2D eigenvalue weighted by Gasteiger charge is 2.55. The van der Waals surface area contributed by atoms with E-state index in [1.165, 1.54) is 44.5 Å². The third-order valence-electron chi connectivity index (χ3n) is 14.4. The quantitative estimate of drug-likeness (QED) is 0.176. The minimum Gasteiger partial charge on any atom is -0.457 e. The second kappa shape index (κ2) is 13.6. The van der Waals surface area contributed by atoms with Crippen LogP contribution in [0.25, 0.3) is 33.4 Å². The van der Waals surface area contributed by atoms with E-state index in [1.54, 1.807) is 0 Å². The van der Waals surface area contributed by atoms with Crippen LogP contribution in [0.2, 0.25) is 0 Å². The maximum atomic E-state index is 6.84. The fraction of sp³-hybridized carbons (Fsp3) is 0.0323. The van der Waals surface area contributed by atoms with Gasteiger partial charge >= 0.3 is 0 Å². The van der Waals surface area contributed by atoms with E-state index >= 15 is 0 Å². The highest BCUT2D eigenvalue weighted by Crippen LogP contribution is 2.67. The number of para-hydroxylation sites is 5. The second-order valence-electron chi connectivity index (χ2n) is 17.4. The van der Waals surface area contributed by atoms with Crippen molar-refractivity contribution in [2.75, 3.05) is 4.90 Å². The van der Waals surface area contributed by atoms with Crippen molar-refractivity contribution in [3.63, 3.8) is 0 Å². The lowest BCUT2D eigenvalue weighted by Gasteiger charge is -2.42. The van der Waals surface area contributed by atoms with Gasteiger partial charge in [-0.05, 0) is 81.4 Å². The molecule has 0 amide bonds. The Morgan fingerprint density at radius 3 is 1.28 bits per heavy atom. The number of rotatable bonds is 4. The van der Waals surface area contributed by atoms with E-state index in [1.807, 2.05) is 0 Å². The SMILES string of the molecule is c1ccc(-c2ccccc2N(c2cccc3c2-c2ccccc2C32c3ccccc3Oc3ccccc32)c2cccc3c2C2(c4ccccc4Oc4ccccc42)c2ccccc2-3)cc1. The largest absolute Gasteiger partial charge is 0.457 e. The third kappa shape index (κ3) is 4.69. The van der Waals surface area contributed by atoms with Gasteiger partial charge in [0.25, 0.3) is 0 Å². The lowest BCUT2D eigenvalue weighted by molar-refractivity contribution is 0.436. The molecule has 0 N–H and O–H groups in total. The van der Waals surface area contributed by atoms with Crippen LogP contribution in [0.3, 0.4) is 0 Å². The summed E-state index contributed by atoms with van der Waals surface area (Å²) in [5.41, 5.74) is 18.6. The lowest BCUT2D eigenvalue weighted by atomic mass is 9.65. The van der Waals surface area contributed by atoms with Crippen LogP contribution in [0.15, 0.2) is 237 Å². The first-order chi connectivity index (χ1) is 32.3. The fourth-order valence-electron chi connectivity index (χ4n) is 12.1. The van der Waals surface area contributed by atoms with Gasteiger partial charge in [0.15, 0.2) is 0 Å². The molecule has 2 spiro atoms. The first-order valence-corrected chi connectivity index (χ1v) is 22.4. The van der Waals surface area contributed by atoms with Crippen LogP contribution in [0.5, 0.6) is 23.0 Å². The van der Waals surface area contributed by atoms with Crippen LogP contribution in [0.1, 0.15) is 44.5 Å². The Morgan fingerprint density at radius 1 is 0.262 bits per heavy atom. The fourth-order valence-corrected chi connectivity index (χ4v) is 12.1. The van der Waals surface area contributed by atoms with E-state index in [-0.39, 0.29) is 0 Å². The van der Waals surface area contributed by atoms with Gasteiger partial charge in [0.1, 0.15) is 23.0 Å². The van der Waals surface area contributed by atoms with Crippen LogP contribution in [0.4, 0.5) is 17.1 Å². The summed E-state index contributed by atoms with van der Waals surface area (Å²) in [4.78, 5) is 2.58. The predicted octanol–water partition coefficient (Wildman–Crippen LogP) is 15.8. The van der Waals surface area contributed by atoms with Crippen molar-refractivity contribution in [3.8, 4) is 56.4 Å². The summed E-state index contributed by atoms with van der Waals surface area (Å²) in [7, 11) is 0. The van der Waals surface area contributed by atoms with Gasteiger partial charge in [0.05, 0.1) is 27.9 Å². The van der Waals surface area contributed by atoms with Crippen molar-refractivity contribution in [1.82, 2.24) is 0 Å². The third-order valence-corrected chi connectivity index (χ3v) is 14.4. The summed E-state index contributed by atoms with van der Waals surface area (Å²) in [6, 6.07) is 86.2. The average Bonchev–Trinajstić information content (AvgIpc) is 3.84. The summed E-state index contributed by atoms with van der Waals surface area (Å²) in [6.07, 6.45) is 0. The Hall–Kier alpha value is -8.40. The highest BCUT2D eigenvalue weighted by atomic mass is 16.5. The van der Waals surface area contributed by atoms with Crippen molar-refractivity contribution in [2.45, 2.75) is 10.8 Å². The van der Waals surface area contributed by atoms with Gasteiger partial charge < -0.3 is 14.4 Å². The molecule has 0 saturated heterocycles. The number of nitrogens with zero attached hydrogens (tertiary/aromatic N) is 1. The van der Waals surface area contributed by atoms with Crippen molar-refractivity contribution in [3.05, 3.63) is 281 Å². The molecule has 2 aliphatic carbocycles. The molecular formula is C62H39NO2. The van der Waals surface area contributed by atoms with Crippen LogP contribution >= 0.6 is 0 Å². The second-order valence-corrected chi connectivity index (χ2v) is 17.4. The van der Waals surface area contributed by atoms with Crippen molar-refractivity contribution < 1.29 is 9.47 Å². The molecule has 2 aliphatic heterocycles. The van der Waals surface area contributed by atoms with Crippen LogP contribution in [-0.4, -0.2) is 0 Å². The molecule has 3 heteroatoms. The van der Waals surface area contributed by atoms with E-state index in [4.69, 9.17) is 9.47 Å². The molecule has 65 heavy (non-hydrogen) atoms. The standard InChI is InChI=1S/C62H39NO2/c1-2-20-40(21-3-1)41-22-6-13-33-52(41)63(53-34-19-32-51-59(53)44-24-5-8-27-46(44)61(51)47-28-9-14-36-55(47)64-56-37-15-10-29-48(56)61)54-35-18-25-43-42-23-4-7-26-45(42)62(60(43)54)49-30-11-16-38-57(49)65-58-39-17-12-31-50(58)62/h1-39H. The Morgan fingerprint density at radius 2 is 0.662 bits per heavy atom. The molecule has 0 unspecified atom stereocenters. The summed E-state index contributed by atoms with van der Waals surface area (Å²) in [5.74, 6) is 3.49. The maximum absolute atomic E-state index is 6.84. The van der Waals surface area contributed by atoms with E-state index in [9.17, 15) is 0 Å². The zero-order valence-corrected chi connectivity index (χ0v) is 35.3. The van der Waals surface area contributed by atoms with Gasteiger partial charge in [-0.2, -0.15) is 0 Å². The van der Waals surface area contributed by atoms with Crippen LogP contribution in [0, 0.1) is 0 Å². The van der Waals surface area contributed by atoms with Crippen molar-refractivity contribution in [1.29, 1.82) is 0 Å². The van der Waals surface area contributed by atoms with Gasteiger partial charge in [0.2, 0.25) is 0 Å². The molecule has 0 saturated carbocycles. The number of ether oxygens (including phenoxy) is 2. The Bertz CT molecular complexity index is 3500. The van der Waals surface area contributed by atoms with E-state index in [2.05, 4.69) is 241 Å². The summed E-state index contributed by atoms with van der Waals surface area (Å²) in [6.45, 7) is 0. The molecule has 0 fully saturated rings. The minimum atomic E-state index is -0.705. The van der Waals surface area contributed by atoms with Gasteiger partial charge in [-0.25, -0.2) is 0 Å². The summed E-state index contributed by atoms with van der Waals surface area (Å²) >= 11 is 0. The van der Waals surface area contributed by atoms with Crippen LogP contribution < -0.4 is 14.4 Å². The average molecular weight is 830 g/mol. The maximum Gasteiger partial charge on any atom is 0.132 e. The molecule has 0 bridgehead atoms. The normalized spacial score (nSPS) is 14.3. The van der Waals surface area contributed by atoms with E-state index in [0.717, 1.165) is 73.4 Å². The summed E-state index contributed by atoms with van der Waals surface area (Å²) in [5, 5.41) is 0. The first-order valence-electron chi connectivity index (χ1n) is 22.4. The van der Waals surface area contributed by atoms with E-state index in [0.29, 0.717) is 0 Å². The van der Waals surface area contributed by atoms with E-state index < -0.39 is 10.8 Å². The molecule has 10 aromatic carbocycles. The molecule has 10 aromatic rings. The molecular weight excluding hydrogens is 791 g/mol. The number of benzene rings is 10. The van der Waals surface area contributed by atoms with Crippen LogP contribution in [-0.2, 0) is 10.8 Å². The molecule has 14 rings (SSSR count). The zero-order chi connectivity index (χ0) is 42.7. The number of hydrogen-bond donors (Lipinski definition) is 0. The first kappa shape index (κ1) is 36.1. The number of anilines is 3. The number of fused-ring (bicyclic) bond motifs is 18. The Kier molecular flexibility index (Phi) is 7.53.